The fourth-order valence-electron chi connectivity index (χ4n) is 2.36. The van der Waals surface area contributed by atoms with Gasteiger partial charge in [-0.05, 0) is 20.3 Å². The lowest BCUT2D eigenvalue weighted by Gasteiger charge is -2.24. The van der Waals surface area contributed by atoms with Crippen molar-refractivity contribution >= 4 is 11.9 Å². The minimum Gasteiger partial charge on any atom is -0.481 e. The first-order valence-electron chi connectivity index (χ1n) is 5.65. The molecule has 88 valence electrons. The molecule has 0 bridgehead atoms. The number of hydrogen-bond acceptors (Lipinski definition) is 3. The van der Waals surface area contributed by atoms with Crippen molar-refractivity contribution in [1.82, 2.24) is 9.55 Å². The monoisotopic (exact) mass is 223 g/mol. The smallest absolute Gasteiger partial charge is 0.308 e. The second kappa shape index (κ2) is 4.15. The van der Waals surface area contributed by atoms with Crippen LogP contribution in [0.2, 0.25) is 0 Å². The van der Waals surface area contributed by atoms with Crippen LogP contribution in [-0.2, 0) is 11.3 Å². The number of carbonyl (C=O) groups is 1. The molecule has 0 spiro atoms. The Balaban J connectivity index is 2.21. The van der Waals surface area contributed by atoms with Crippen molar-refractivity contribution in [3.63, 3.8) is 0 Å². The van der Waals surface area contributed by atoms with Crippen LogP contribution >= 0.6 is 0 Å². The van der Waals surface area contributed by atoms with Gasteiger partial charge >= 0.3 is 5.97 Å². The lowest BCUT2D eigenvalue weighted by molar-refractivity contribution is -0.141. The minimum atomic E-state index is -0.704. The number of anilines is 1. The van der Waals surface area contributed by atoms with Gasteiger partial charge in [-0.1, -0.05) is 0 Å². The van der Waals surface area contributed by atoms with Gasteiger partial charge < -0.3 is 14.6 Å². The van der Waals surface area contributed by atoms with Crippen molar-refractivity contribution in [2.75, 3.05) is 11.4 Å². The van der Waals surface area contributed by atoms with Gasteiger partial charge in [-0.25, -0.2) is 4.98 Å². The topological polar surface area (TPSA) is 58.4 Å². The van der Waals surface area contributed by atoms with Gasteiger partial charge in [0.25, 0.3) is 0 Å². The van der Waals surface area contributed by atoms with Crippen LogP contribution in [0.3, 0.4) is 0 Å². The van der Waals surface area contributed by atoms with Crippen molar-refractivity contribution in [3.8, 4) is 0 Å². The quantitative estimate of drug-likeness (QED) is 0.836. The van der Waals surface area contributed by atoms with Crippen LogP contribution in [0, 0.1) is 5.92 Å². The number of aliphatic carboxylic acids is 1. The predicted octanol–water partition coefficient (Wildman–Crippen LogP) is 1.20. The summed E-state index contributed by atoms with van der Waals surface area (Å²) in [4.78, 5) is 17.4. The number of imidazole rings is 1. The molecule has 2 rings (SSSR count). The SMILES string of the molecule is CCn1ccnc1N1CCC(C(=O)O)C1C. The summed E-state index contributed by atoms with van der Waals surface area (Å²) in [7, 11) is 0. The molecule has 1 aliphatic rings. The van der Waals surface area contributed by atoms with Gasteiger partial charge in [0.1, 0.15) is 0 Å². The molecule has 2 heterocycles. The van der Waals surface area contributed by atoms with Gasteiger partial charge in [0, 0.05) is 31.5 Å². The van der Waals surface area contributed by atoms with E-state index in [4.69, 9.17) is 5.11 Å². The van der Waals surface area contributed by atoms with E-state index in [0.717, 1.165) is 19.0 Å². The maximum atomic E-state index is 11.0. The average Bonchev–Trinajstić information content (AvgIpc) is 2.82. The first kappa shape index (κ1) is 11.0. The van der Waals surface area contributed by atoms with Crippen LogP contribution in [0.5, 0.6) is 0 Å². The van der Waals surface area contributed by atoms with Crippen molar-refractivity contribution in [3.05, 3.63) is 12.4 Å². The molecule has 2 atom stereocenters. The molecule has 0 aromatic carbocycles. The fourth-order valence-corrected chi connectivity index (χ4v) is 2.36. The summed E-state index contributed by atoms with van der Waals surface area (Å²) in [6.07, 6.45) is 4.39. The van der Waals surface area contributed by atoms with Crippen LogP contribution in [0.4, 0.5) is 5.95 Å². The molecule has 1 aliphatic heterocycles. The Morgan fingerprint density at radius 1 is 1.69 bits per heavy atom. The molecule has 1 saturated heterocycles. The number of aryl methyl sites for hydroxylation is 1. The van der Waals surface area contributed by atoms with E-state index in [9.17, 15) is 4.79 Å². The fraction of sp³-hybridized carbons (Fsp3) is 0.636. The molecule has 16 heavy (non-hydrogen) atoms. The number of hydrogen-bond donors (Lipinski definition) is 1. The molecule has 5 heteroatoms. The molecule has 5 nitrogen and oxygen atoms in total. The van der Waals surface area contributed by atoms with E-state index in [1.54, 1.807) is 6.20 Å². The number of rotatable bonds is 3. The number of carboxylic acid groups (broad SMARTS) is 1. The first-order valence-corrected chi connectivity index (χ1v) is 5.65. The molecule has 0 saturated carbocycles. The highest BCUT2D eigenvalue weighted by Gasteiger charge is 2.37. The summed E-state index contributed by atoms with van der Waals surface area (Å²) in [5.41, 5.74) is 0. The van der Waals surface area contributed by atoms with E-state index in [0.29, 0.717) is 6.42 Å². The Hall–Kier alpha value is -1.52. The van der Waals surface area contributed by atoms with E-state index < -0.39 is 5.97 Å². The van der Waals surface area contributed by atoms with Crippen LogP contribution in [0.15, 0.2) is 12.4 Å². The zero-order valence-corrected chi connectivity index (χ0v) is 9.63. The van der Waals surface area contributed by atoms with Crippen LogP contribution in [0.1, 0.15) is 20.3 Å². The third-order valence-corrected chi connectivity index (χ3v) is 3.36. The number of aromatic nitrogens is 2. The van der Waals surface area contributed by atoms with Gasteiger partial charge in [0.05, 0.1) is 5.92 Å². The van der Waals surface area contributed by atoms with Crippen LogP contribution < -0.4 is 4.90 Å². The van der Waals surface area contributed by atoms with Gasteiger partial charge in [0.15, 0.2) is 0 Å². The van der Waals surface area contributed by atoms with Crippen molar-refractivity contribution < 1.29 is 9.90 Å². The maximum absolute atomic E-state index is 11.0. The lowest BCUT2D eigenvalue weighted by Crippen LogP contribution is -2.34. The summed E-state index contributed by atoms with van der Waals surface area (Å²) < 4.78 is 2.04. The summed E-state index contributed by atoms with van der Waals surface area (Å²) in [5, 5.41) is 9.07. The van der Waals surface area contributed by atoms with Crippen LogP contribution in [-0.4, -0.2) is 33.2 Å². The van der Waals surface area contributed by atoms with Crippen molar-refractivity contribution in [2.45, 2.75) is 32.9 Å². The number of nitrogens with zero attached hydrogens (tertiary/aromatic N) is 3. The summed E-state index contributed by atoms with van der Waals surface area (Å²) in [5.74, 6) is -0.0923. The molecular formula is C11H17N3O2. The predicted molar refractivity (Wildman–Crippen MR) is 60.5 cm³/mol. The van der Waals surface area contributed by atoms with E-state index in [1.165, 1.54) is 0 Å². The highest BCUT2D eigenvalue weighted by molar-refractivity contribution is 5.72. The van der Waals surface area contributed by atoms with E-state index in [-0.39, 0.29) is 12.0 Å². The van der Waals surface area contributed by atoms with Gasteiger partial charge in [0.2, 0.25) is 5.95 Å². The summed E-state index contributed by atoms with van der Waals surface area (Å²) >= 11 is 0. The molecule has 1 aromatic heterocycles. The first-order chi connectivity index (χ1) is 7.65. The van der Waals surface area contributed by atoms with Gasteiger partial charge in [-0.2, -0.15) is 0 Å². The molecule has 2 unspecified atom stereocenters. The number of carboxylic acids is 1. The van der Waals surface area contributed by atoms with Gasteiger partial charge in [-0.3, -0.25) is 4.79 Å². The van der Waals surface area contributed by atoms with Crippen LogP contribution in [0.25, 0.3) is 0 Å². The Kier molecular flexibility index (Phi) is 2.85. The van der Waals surface area contributed by atoms with E-state index in [2.05, 4.69) is 16.8 Å². The van der Waals surface area contributed by atoms with Crippen molar-refractivity contribution in [1.29, 1.82) is 0 Å². The zero-order chi connectivity index (χ0) is 11.7. The lowest BCUT2D eigenvalue weighted by atomic mass is 10.0. The third-order valence-electron chi connectivity index (χ3n) is 3.36. The Bertz CT molecular complexity index is 388. The summed E-state index contributed by atoms with van der Waals surface area (Å²) in [6.45, 7) is 5.65. The minimum absolute atomic E-state index is 0.0187. The highest BCUT2D eigenvalue weighted by Crippen LogP contribution is 2.28. The molecule has 0 aliphatic carbocycles. The zero-order valence-electron chi connectivity index (χ0n) is 9.63. The molecular weight excluding hydrogens is 206 g/mol. The standard InChI is InChI=1S/C11H17N3O2/c1-3-13-7-5-12-11(13)14-6-4-9(8(14)2)10(15)16/h5,7-9H,3-4,6H2,1-2H3,(H,15,16). The summed E-state index contributed by atoms with van der Waals surface area (Å²) in [6, 6.07) is 0.0187. The third kappa shape index (κ3) is 1.66. The largest absolute Gasteiger partial charge is 0.481 e. The Morgan fingerprint density at radius 3 is 3.00 bits per heavy atom. The molecule has 1 fully saturated rings. The maximum Gasteiger partial charge on any atom is 0.308 e. The molecule has 1 aromatic rings. The highest BCUT2D eigenvalue weighted by atomic mass is 16.4. The second-order valence-corrected chi connectivity index (χ2v) is 4.18. The second-order valence-electron chi connectivity index (χ2n) is 4.18. The Morgan fingerprint density at radius 2 is 2.44 bits per heavy atom. The average molecular weight is 223 g/mol. The Labute approximate surface area is 94.7 Å². The van der Waals surface area contributed by atoms with Gasteiger partial charge in [-0.15, -0.1) is 0 Å². The van der Waals surface area contributed by atoms with Crippen molar-refractivity contribution in [2.24, 2.45) is 5.92 Å². The molecule has 1 N–H and O–H groups in total. The molecule has 0 radical (unpaired) electrons. The normalized spacial score (nSPS) is 25.0. The molecule has 0 amide bonds. The van der Waals surface area contributed by atoms with E-state index >= 15 is 0 Å². The van der Waals surface area contributed by atoms with E-state index in [1.807, 2.05) is 17.7 Å².